The number of aromatic nitrogens is 1. The average molecular weight is 460 g/mol. The zero-order valence-electron chi connectivity index (χ0n) is 19.6. The minimum atomic E-state index is -0.136. The number of benzene rings is 1. The van der Waals surface area contributed by atoms with E-state index in [2.05, 4.69) is 15.4 Å². The molecule has 9 nitrogen and oxygen atoms in total. The predicted molar refractivity (Wildman–Crippen MR) is 121 cm³/mol. The van der Waals surface area contributed by atoms with Crippen LogP contribution in [-0.2, 0) is 16.1 Å². The molecule has 1 N–H and O–H groups in total. The lowest BCUT2D eigenvalue weighted by Crippen LogP contribution is -2.52. The molecule has 1 aromatic heterocycles. The van der Waals surface area contributed by atoms with E-state index >= 15 is 0 Å². The van der Waals surface area contributed by atoms with Crippen molar-refractivity contribution < 1.29 is 28.3 Å². The van der Waals surface area contributed by atoms with Crippen molar-refractivity contribution >= 4 is 5.91 Å². The van der Waals surface area contributed by atoms with E-state index in [1.807, 2.05) is 13.8 Å². The largest absolute Gasteiger partial charge is 0.493 e. The van der Waals surface area contributed by atoms with Crippen LogP contribution < -0.4 is 14.8 Å². The van der Waals surface area contributed by atoms with Gasteiger partial charge >= 0.3 is 0 Å². The van der Waals surface area contributed by atoms with Gasteiger partial charge in [-0.3, -0.25) is 9.69 Å². The van der Waals surface area contributed by atoms with Crippen molar-refractivity contribution in [1.82, 2.24) is 15.4 Å². The third kappa shape index (κ3) is 5.66. The first-order valence-corrected chi connectivity index (χ1v) is 11.5. The number of nitrogens with zero attached hydrogens (tertiary/aromatic N) is 2. The van der Waals surface area contributed by atoms with Crippen LogP contribution in [0.3, 0.4) is 0 Å². The Morgan fingerprint density at radius 1 is 1.21 bits per heavy atom. The highest BCUT2D eigenvalue weighted by Crippen LogP contribution is 2.30. The van der Waals surface area contributed by atoms with Crippen LogP contribution in [0, 0.1) is 19.8 Å². The van der Waals surface area contributed by atoms with Gasteiger partial charge in [0.15, 0.2) is 11.5 Å². The molecule has 2 aromatic rings. The molecule has 0 aliphatic carbocycles. The maximum Gasteiger partial charge on any atom is 0.251 e. The van der Waals surface area contributed by atoms with E-state index in [-0.39, 0.29) is 11.9 Å². The number of carbonyl (C=O) groups is 1. The second kappa shape index (κ2) is 11.0. The summed E-state index contributed by atoms with van der Waals surface area (Å²) in [4.78, 5) is 15.4. The number of morpholine rings is 1. The zero-order valence-corrected chi connectivity index (χ0v) is 19.6. The van der Waals surface area contributed by atoms with Gasteiger partial charge in [0.25, 0.3) is 5.91 Å². The molecule has 2 aliphatic rings. The highest BCUT2D eigenvalue weighted by molar-refractivity contribution is 5.94. The molecule has 2 fully saturated rings. The number of hydrogen-bond donors (Lipinski definition) is 1. The smallest absolute Gasteiger partial charge is 0.251 e. The Hall–Kier alpha value is -2.62. The summed E-state index contributed by atoms with van der Waals surface area (Å²) in [6.07, 6.45) is 1.02. The Labute approximate surface area is 194 Å². The lowest BCUT2D eigenvalue weighted by atomic mass is 9.96. The van der Waals surface area contributed by atoms with Crippen LogP contribution in [0.4, 0.5) is 0 Å². The molecular weight excluding hydrogens is 426 g/mol. The maximum absolute atomic E-state index is 13.0. The van der Waals surface area contributed by atoms with Gasteiger partial charge in [0, 0.05) is 43.8 Å². The van der Waals surface area contributed by atoms with Gasteiger partial charge in [-0.25, -0.2) is 0 Å². The molecule has 2 unspecified atom stereocenters. The van der Waals surface area contributed by atoms with Crippen molar-refractivity contribution in [3.05, 3.63) is 40.8 Å². The maximum atomic E-state index is 13.0. The number of aryl methyl sites for hydroxylation is 2. The second-order valence-electron chi connectivity index (χ2n) is 8.51. The Morgan fingerprint density at radius 3 is 2.70 bits per heavy atom. The highest BCUT2D eigenvalue weighted by Gasteiger charge is 2.32. The average Bonchev–Trinajstić information content (AvgIpc) is 3.48. The Morgan fingerprint density at radius 2 is 2.03 bits per heavy atom. The lowest BCUT2D eigenvalue weighted by Gasteiger charge is -2.37. The summed E-state index contributed by atoms with van der Waals surface area (Å²) in [6.45, 7) is 9.34. The van der Waals surface area contributed by atoms with E-state index in [0.717, 1.165) is 63.0 Å². The van der Waals surface area contributed by atoms with Gasteiger partial charge in [-0.2, -0.15) is 0 Å². The molecule has 0 spiro atoms. The molecule has 3 heterocycles. The van der Waals surface area contributed by atoms with Crippen molar-refractivity contribution in [2.45, 2.75) is 32.9 Å². The molecule has 1 amide bonds. The molecule has 1 aromatic carbocycles. The molecule has 2 aliphatic heterocycles. The quantitative estimate of drug-likeness (QED) is 0.611. The first-order chi connectivity index (χ1) is 16.1. The topological polar surface area (TPSA) is 95.3 Å². The molecule has 2 saturated heterocycles. The van der Waals surface area contributed by atoms with E-state index in [0.29, 0.717) is 36.1 Å². The number of ether oxygens (including phenoxy) is 4. The highest BCUT2D eigenvalue weighted by atomic mass is 16.5. The monoisotopic (exact) mass is 459 g/mol. The Balaban J connectivity index is 1.39. The molecule has 0 bridgehead atoms. The number of carbonyl (C=O) groups excluding carboxylic acids is 1. The van der Waals surface area contributed by atoms with Gasteiger partial charge < -0.3 is 28.8 Å². The van der Waals surface area contributed by atoms with Gasteiger partial charge in [0.1, 0.15) is 12.4 Å². The number of nitrogens with one attached hydrogen (secondary N) is 1. The SMILES string of the molecule is COc1cc(C(=O)NCC(C2CCOC2)N2CCOCC2)ccc1OCc1c(C)noc1C. The van der Waals surface area contributed by atoms with E-state index in [9.17, 15) is 4.79 Å². The van der Waals surface area contributed by atoms with Crippen molar-refractivity contribution in [1.29, 1.82) is 0 Å². The first-order valence-electron chi connectivity index (χ1n) is 11.5. The summed E-state index contributed by atoms with van der Waals surface area (Å²) in [7, 11) is 1.56. The number of hydrogen-bond acceptors (Lipinski definition) is 8. The van der Waals surface area contributed by atoms with Crippen molar-refractivity contribution in [2.24, 2.45) is 5.92 Å². The van der Waals surface area contributed by atoms with Gasteiger partial charge in [-0.15, -0.1) is 0 Å². The number of rotatable bonds is 9. The minimum Gasteiger partial charge on any atom is -0.493 e. The minimum absolute atomic E-state index is 0.136. The van der Waals surface area contributed by atoms with Crippen molar-refractivity contribution in [3.8, 4) is 11.5 Å². The van der Waals surface area contributed by atoms with Crippen LogP contribution in [-0.4, -0.2) is 75.2 Å². The Bertz CT molecular complexity index is 915. The summed E-state index contributed by atoms with van der Waals surface area (Å²) in [5, 5.41) is 7.07. The molecule has 33 heavy (non-hydrogen) atoms. The van der Waals surface area contributed by atoms with Gasteiger partial charge in [0.2, 0.25) is 0 Å². The molecule has 9 heteroatoms. The van der Waals surface area contributed by atoms with Crippen LogP contribution in [0.1, 0.15) is 33.8 Å². The van der Waals surface area contributed by atoms with Gasteiger partial charge in [-0.05, 0) is 38.5 Å². The molecule has 0 radical (unpaired) electrons. The van der Waals surface area contributed by atoms with Crippen molar-refractivity contribution in [2.75, 3.05) is 53.2 Å². The third-order valence-electron chi connectivity index (χ3n) is 6.47. The van der Waals surface area contributed by atoms with Crippen LogP contribution in [0.2, 0.25) is 0 Å². The zero-order chi connectivity index (χ0) is 23.2. The molecule has 180 valence electrons. The lowest BCUT2D eigenvalue weighted by molar-refractivity contribution is 0.00166. The van der Waals surface area contributed by atoms with E-state index in [4.69, 9.17) is 23.5 Å². The standard InChI is InChI=1S/C24H33N3O6/c1-16-20(17(2)33-26-16)15-32-22-5-4-18(12-23(22)29-3)24(28)25-13-21(19-6-9-31-14-19)27-7-10-30-11-8-27/h4-5,12,19,21H,6-11,13-15H2,1-3H3,(H,25,28). The van der Waals surface area contributed by atoms with Crippen LogP contribution >= 0.6 is 0 Å². The molecule has 0 saturated carbocycles. The van der Waals surface area contributed by atoms with Gasteiger partial charge in [0.05, 0.1) is 38.2 Å². The fraction of sp³-hybridized carbons (Fsp3) is 0.583. The summed E-state index contributed by atoms with van der Waals surface area (Å²) in [5.74, 6) is 2.07. The predicted octanol–water partition coefficient (Wildman–Crippen LogP) is 2.35. The fourth-order valence-electron chi connectivity index (χ4n) is 4.44. The summed E-state index contributed by atoms with van der Waals surface area (Å²) in [6, 6.07) is 5.46. The van der Waals surface area contributed by atoms with Crippen LogP contribution in [0.15, 0.2) is 22.7 Å². The molecule has 4 rings (SSSR count). The Kier molecular flexibility index (Phi) is 7.85. The van der Waals surface area contributed by atoms with E-state index in [1.54, 1.807) is 25.3 Å². The van der Waals surface area contributed by atoms with E-state index in [1.165, 1.54) is 0 Å². The second-order valence-corrected chi connectivity index (χ2v) is 8.51. The first kappa shape index (κ1) is 23.5. The van der Waals surface area contributed by atoms with Crippen molar-refractivity contribution in [3.63, 3.8) is 0 Å². The molecular formula is C24H33N3O6. The number of amides is 1. The van der Waals surface area contributed by atoms with Crippen LogP contribution in [0.25, 0.3) is 0 Å². The van der Waals surface area contributed by atoms with Gasteiger partial charge in [-0.1, -0.05) is 5.16 Å². The summed E-state index contributed by atoms with van der Waals surface area (Å²) in [5.41, 5.74) is 2.23. The fourth-order valence-corrected chi connectivity index (χ4v) is 4.44. The number of methoxy groups -OCH3 is 1. The summed E-state index contributed by atoms with van der Waals surface area (Å²) < 4.78 is 27.7. The molecule has 2 atom stereocenters. The van der Waals surface area contributed by atoms with Crippen LogP contribution in [0.5, 0.6) is 11.5 Å². The van der Waals surface area contributed by atoms with E-state index < -0.39 is 0 Å². The third-order valence-corrected chi connectivity index (χ3v) is 6.47. The normalized spacial score (nSPS) is 19.9. The summed E-state index contributed by atoms with van der Waals surface area (Å²) >= 11 is 0.